The fourth-order valence-corrected chi connectivity index (χ4v) is 4.05. The second-order valence-electron chi connectivity index (χ2n) is 6.50. The molecule has 1 saturated carbocycles. The summed E-state index contributed by atoms with van der Waals surface area (Å²) in [7, 11) is 0. The molecule has 0 aromatic carbocycles. The molecule has 0 amide bonds. The van der Waals surface area contributed by atoms with E-state index in [4.69, 9.17) is 9.47 Å². The zero-order valence-corrected chi connectivity index (χ0v) is 12.7. The lowest BCUT2D eigenvalue weighted by Gasteiger charge is -2.29. The van der Waals surface area contributed by atoms with E-state index in [1.807, 2.05) is 0 Å². The minimum atomic E-state index is -1.76. The molecule has 0 bridgehead atoms. The number of aliphatic hydroxyl groups excluding tert-OH is 1. The molecule has 1 N–H and O–H groups in total. The summed E-state index contributed by atoms with van der Waals surface area (Å²) in [6.07, 6.45) is -5.80. The molecular formula is C15H19F3N2O3. The summed E-state index contributed by atoms with van der Waals surface area (Å²) in [5.41, 5.74) is 1.15. The number of rotatable bonds is 1. The highest BCUT2D eigenvalue weighted by atomic mass is 19.2. The molecule has 4 rings (SSSR count). The van der Waals surface area contributed by atoms with Crippen molar-refractivity contribution in [1.29, 1.82) is 0 Å². The molecular weight excluding hydrogens is 313 g/mol. The van der Waals surface area contributed by atoms with Crippen LogP contribution in [0, 0.1) is 6.92 Å². The number of aryl methyl sites for hydroxylation is 1. The Bertz CT molecular complexity index is 617. The van der Waals surface area contributed by atoms with Crippen LogP contribution >= 0.6 is 0 Å². The number of nitrogens with zero attached hydrogens (tertiary/aromatic N) is 2. The third-order valence-corrected chi connectivity index (χ3v) is 5.12. The average molecular weight is 332 g/mol. The second kappa shape index (κ2) is 5.19. The zero-order valence-electron chi connectivity index (χ0n) is 12.7. The summed E-state index contributed by atoms with van der Waals surface area (Å²) in [6, 6.07) is -0.405. The topological polar surface area (TPSA) is 56.5 Å². The lowest BCUT2D eigenvalue weighted by molar-refractivity contribution is -0.218. The maximum absolute atomic E-state index is 14.7. The summed E-state index contributed by atoms with van der Waals surface area (Å²) < 4.78 is 54.2. The fourth-order valence-electron chi connectivity index (χ4n) is 4.05. The maximum atomic E-state index is 14.7. The summed E-state index contributed by atoms with van der Waals surface area (Å²) >= 11 is 0. The highest BCUT2D eigenvalue weighted by molar-refractivity contribution is 5.40. The van der Waals surface area contributed by atoms with E-state index in [9.17, 15) is 18.3 Å². The standard InChI is InChI=1S/C15H19F3N2O3/c1-7-11-12(13(21)14(18)15(11)22-4-5-23-15)20(19-7)8-2-3-9(16)10(17)6-8/h8-10,13-14,21H,2-6H2,1H3/t8-,9-,10+,13+,14+/m0/s1. The molecule has 8 heteroatoms. The Morgan fingerprint density at radius 1 is 1.17 bits per heavy atom. The van der Waals surface area contributed by atoms with Gasteiger partial charge in [0.15, 0.2) is 6.17 Å². The zero-order chi connectivity index (χ0) is 16.4. The first-order valence-electron chi connectivity index (χ1n) is 7.93. The Labute approximate surface area is 131 Å². The van der Waals surface area contributed by atoms with E-state index in [0.29, 0.717) is 17.7 Å². The largest absolute Gasteiger partial charge is 0.383 e. The summed E-state index contributed by atoms with van der Waals surface area (Å²) in [6.45, 7) is 2.15. The van der Waals surface area contributed by atoms with Crippen LogP contribution < -0.4 is 0 Å². The van der Waals surface area contributed by atoms with Gasteiger partial charge in [0.1, 0.15) is 18.4 Å². The molecule has 2 aliphatic carbocycles. The van der Waals surface area contributed by atoms with Crippen molar-refractivity contribution in [3.05, 3.63) is 17.0 Å². The lowest BCUT2D eigenvalue weighted by Crippen LogP contribution is -2.36. The first-order valence-corrected chi connectivity index (χ1v) is 7.93. The molecule has 2 heterocycles. The molecule has 5 atom stereocenters. The molecule has 0 unspecified atom stereocenters. The van der Waals surface area contributed by atoms with Gasteiger partial charge >= 0.3 is 0 Å². The number of aliphatic hydroxyl groups is 1. The molecule has 1 spiro atoms. The van der Waals surface area contributed by atoms with Crippen molar-refractivity contribution in [2.45, 2.75) is 62.6 Å². The number of ether oxygens (including phenoxy) is 2. The van der Waals surface area contributed by atoms with E-state index in [1.165, 1.54) is 4.68 Å². The van der Waals surface area contributed by atoms with Gasteiger partial charge in [-0.25, -0.2) is 13.2 Å². The molecule has 1 aromatic heterocycles. The van der Waals surface area contributed by atoms with Gasteiger partial charge < -0.3 is 14.6 Å². The molecule has 128 valence electrons. The monoisotopic (exact) mass is 332 g/mol. The van der Waals surface area contributed by atoms with Crippen LogP contribution in [0.2, 0.25) is 0 Å². The van der Waals surface area contributed by atoms with E-state index in [-0.39, 0.29) is 31.7 Å². The van der Waals surface area contributed by atoms with Gasteiger partial charge in [-0.3, -0.25) is 4.68 Å². The van der Waals surface area contributed by atoms with Crippen molar-refractivity contribution in [1.82, 2.24) is 9.78 Å². The van der Waals surface area contributed by atoms with E-state index in [0.717, 1.165) is 0 Å². The maximum Gasteiger partial charge on any atom is 0.234 e. The first kappa shape index (κ1) is 15.4. The van der Waals surface area contributed by atoms with Gasteiger partial charge in [-0.15, -0.1) is 0 Å². The van der Waals surface area contributed by atoms with Crippen LogP contribution in [0.5, 0.6) is 0 Å². The van der Waals surface area contributed by atoms with E-state index in [2.05, 4.69) is 5.10 Å². The van der Waals surface area contributed by atoms with Crippen molar-refractivity contribution in [2.24, 2.45) is 0 Å². The number of halogens is 3. The fraction of sp³-hybridized carbons (Fsp3) is 0.800. The van der Waals surface area contributed by atoms with E-state index >= 15 is 0 Å². The molecule has 1 aliphatic heterocycles. The Hall–Kier alpha value is -1.12. The third kappa shape index (κ3) is 2.01. The highest BCUT2D eigenvalue weighted by Crippen LogP contribution is 2.52. The van der Waals surface area contributed by atoms with Crippen LogP contribution in [0.1, 0.15) is 48.4 Å². The average Bonchev–Trinajstić information content (AvgIpc) is 3.18. The number of alkyl halides is 3. The minimum Gasteiger partial charge on any atom is -0.383 e. The van der Waals surface area contributed by atoms with Gasteiger partial charge in [0.05, 0.1) is 36.2 Å². The molecule has 1 saturated heterocycles. The Morgan fingerprint density at radius 2 is 1.87 bits per heavy atom. The Morgan fingerprint density at radius 3 is 2.52 bits per heavy atom. The number of hydrogen-bond donors (Lipinski definition) is 1. The summed E-state index contributed by atoms with van der Waals surface area (Å²) in [4.78, 5) is 0. The van der Waals surface area contributed by atoms with Gasteiger partial charge in [-0.1, -0.05) is 0 Å². The second-order valence-corrected chi connectivity index (χ2v) is 6.50. The Balaban J connectivity index is 1.76. The highest BCUT2D eigenvalue weighted by Gasteiger charge is 2.61. The van der Waals surface area contributed by atoms with Crippen molar-refractivity contribution in [3.8, 4) is 0 Å². The van der Waals surface area contributed by atoms with Gasteiger partial charge in [0.2, 0.25) is 5.79 Å². The third-order valence-electron chi connectivity index (χ3n) is 5.12. The van der Waals surface area contributed by atoms with Crippen LogP contribution in [0.15, 0.2) is 0 Å². The van der Waals surface area contributed by atoms with Crippen LogP contribution in [-0.4, -0.2) is 46.6 Å². The van der Waals surface area contributed by atoms with Crippen LogP contribution in [0.25, 0.3) is 0 Å². The van der Waals surface area contributed by atoms with E-state index in [1.54, 1.807) is 6.92 Å². The van der Waals surface area contributed by atoms with Gasteiger partial charge in [0.25, 0.3) is 0 Å². The lowest BCUT2D eigenvalue weighted by atomic mass is 9.92. The van der Waals surface area contributed by atoms with Crippen molar-refractivity contribution in [3.63, 3.8) is 0 Å². The first-order chi connectivity index (χ1) is 11.0. The van der Waals surface area contributed by atoms with Crippen molar-refractivity contribution < 1.29 is 27.8 Å². The van der Waals surface area contributed by atoms with E-state index < -0.39 is 36.4 Å². The predicted octanol–water partition coefficient (Wildman–Crippen LogP) is 2.18. The number of hydrogen-bond acceptors (Lipinski definition) is 4. The summed E-state index contributed by atoms with van der Waals surface area (Å²) in [5, 5.41) is 14.7. The van der Waals surface area contributed by atoms with Gasteiger partial charge in [-0.05, 0) is 19.8 Å². The van der Waals surface area contributed by atoms with Crippen LogP contribution in [0.4, 0.5) is 13.2 Å². The predicted molar refractivity (Wildman–Crippen MR) is 73.1 cm³/mol. The summed E-state index contributed by atoms with van der Waals surface area (Å²) in [5.74, 6) is -1.62. The van der Waals surface area contributed by atoms with Crippen LogP contribution in [0.3, 0.4) is 0 Å². The smallest absolute Gasteiger partial charge is 0.234 e. The molecule has 5 nitrogen and oxygen atoms in total. The normalized spacial score (nSPS) is 39.1. The minimum absolute atomic E-state index is 0.0346. The van der Waals surface area contributed by atoms with Crippen LogP contribution in [-0.2, 0) is 15.3 Å². The van der Waals surface area contributed by atoms with Crippen molar-refractivity contribution >= 4 is 0 Å². The van der Waals surface area contributed by atoms with Gasteiger partial charge in [-0.2, -0.15) is 5.10 Å². The SMILES string of the molecule is Cc1nn([C@H]2CC[C@H](F)[C@H](F)C2)c2c1C1(OCCO1)[C@H](F)[C@@H]2O. The Kier molecular flexibility index (Phi) is 3.48. The number of aromatic nitrogens is 2. The molecule has 3 aliphatic rings. The molecule has 23 heavy (non-hydrogen) atoms. The molecule has 1 aromatic rings. The number of fused-ring (bicyclic) bond motifs is 2. The van der Waals surface area contributed by atoms with Gasteiger partial charge in [0, 0.05) is 6.42 Å². The van der Waals surface area contributed by atoms with Crippen molar-refractivity contribution in [2.75, 3.05) is 13.2 Å². The molecule has 0 radical (unpaired) electrons. The molecule has 2 fully saturated rings. The quantitative estimate of drug-likeness (QED) is 0.856.